The number of rotatable bonds is 4. The van der Waals surface area contributed by atoms with E-state index in [1.165, 1.54) is 0 Å². The van der Waals surface area contributed by atoms with Crippen molar-refractivity contribution in [3.63, 3.8) is 0 Å². The van der Waals surface area contributed by atoms with Crippen molar-refractivity contribution in [1.29, 1.82) is 0 Å². The number of carbonyl (C=O) groups is 2. The molecule has 3 rings (SSSR count). The third kappa shape index (κ3) is 5.01. The van der Waals surface area contributed by atoms with Gasteiger partial charge in [0.15, 0.2) is 0 Å². The summed E-state index contributed by atoms with van der Waals surface area (Å²) in [5, 5.41) is 8.56. The SMILES string of the molecule is CC(C)NC(=O)Nc1cccc(C(=O)NC2CCOc3ccc(Br)cc32)c1. The zero-order chi connectivity index (χ0) is 19.4. The van der Waals surface area contributed by atoms with Crippen LogP contribution in [0.5, 0.6) is 5.75 Å². The van der Waals surface area contributed by atoms with E-state index in [4.69, 9.17) is 4.74 Å². The molecule has 1 aliphatic rings. The molecule has 0 fully saturated rings. The van der Waals surface area contributed by atoms with Gasteiger partial charge in [0.1, 0.15) is 5.75 Å². The molecule has 1 aliphatic heterocycles. The number of anilines is 1. The number of hydrogen-bond acceptors (Lipinski definition) is 3. The van der Waals surface area contributed by atoms with Gasteiger partial charge in [0.25, 0.3) is 5.91 Å². The van der Waals surface area contributed by atoms with Crippen LogP contribution in [0, 0.1) is 0 Å². The summed E-state index contributed by atoms with van der Waals surface area (Å²) in [5.41, 5.74) is 2.01. The molecule has 27 heavy (non-hydrogen) atoms. The number of ether oxygens (including phenoxy) is 1. The van der Waals surface area contributed by atoms with E-state index in [1.807, 2.05) is 32.0 Å². The average molecular weight is 432 g/mol. The molecule has 0 spiro atoms. The molecule has 1 atom stereocenters. The van der Waals surface area contributed by atoms with Crippen LogP contribution in [0.15, 0.2) is 46.9 Å². The maximum absolute atomic E-state index is 12.7. The molecule has 2 aromatic carbocycles. The van der Waals surface area contributed by atoms with E-state index in [0.29, 0.717) is 24.3 Å². The summed E-state index contributed by atoms with van der Waals surface area (Å²) in [6, 6.07) is 12.3. The molecule has 0 aliphatic carbocycles. The van der Waals surface area contributed by atoms with E-state index in [2.05, 4.69) is 31.9 Å². The quantitative estimate of drug-likeness (QED) is 0.677. The Labute approximate surface area is 166 Å². The van der Waals surface area contributed by atoms with Gasteiger partial charge in [0, 0.05) is 33.7 Å². The Morgan fingerprint density at radius 2 is 2.00 bits per heavy atom. The molecule has 1 unspecified atom stereocenters. The molecule has 1 heterocycles. The summed E-state index contributed by atoms with van der Waals surface area (Å²) in [5.74, 6) is 0.594. The molecule has 142 valence electrons. The Morgan fingerprint density at radius 1 is 1.19 bits per heavy atom. The number of nitrogens with one attached hydrogen (secondary N) is 3. The van der Waals surface area contributed by atoms with Crippen LogP contribution in [0.1, 0.15) is 42.2 Å². The Morgan fingerprint density at radius 3 is 2.78 bits per heavy atom. The molecule has 3 amide bonds. The molecular weight excluding hydrogens is 410 g/mol. The molecule has 0 radical (unpaired) electrons. The molecule has 0 saturated carbocycles. The highest BCUT2D eigenvalue weighted by molar-refractivity contribution is 9.10. The van der Waals surface area contributed by atoms with Crippen LogP contribution >= 0.6 is 15.9 Å². The summed E-state index contributed by atoms with van der Waals surface area (Å²) in [6.07, 6.45) is 0.698. The van der Waals surface area contributed by atoms with Crippen molar-refractivity contribution in [2.45, 2.75) is 32.4 Å². The minimum Gasteiger partial charge on any atom is -0.493 e. The van der Waals surface area contributed by atoms with Crippen LogP contribution < -0.4 is 20.7 Å². The van der Waals surface area contributed by atoms with Gasteiger partial charge in [-0.15, -0.1) is 0 Å². The molecule has 7 heteroatoms. The predicted octanol–water partition coefficient (Wildman–Crippen LogP) is 4.23. The molecule has 0 bridgehead atoms. The first-order valence-corrected chi connectivity index (χ1v) is 9.62. The largest absolute Gasteiger partial charge is 0.493 e. The van der Waals surface area contributed by atoms with E-state index < -0.39 is 0 Å². The highest BCUT2D eigenvalue weighted by Gasteiger charge is 2.24. The fraction of sp³-hybridized carbons (Fsp3) is 0.300. The lowest BCUT2D eigenvalue weighted by Gasteiger charge is -2.27. The number of halogens is 1. The number of carbonyl (C=O) groups excluding carboxylic acids is 2. The Bertz CT molecular complexity index is 854. The van der Waals surface area contributed by atoms with E-state index in [-0.39, 0.29) is 24.0 Å². The van der Waals surface area contributed by atoms with Gasteiger partial charge >= 0.3 is 6.03 Å². The Hall–Kier alpha value is -2.54. The lowest BCUT2D eigenvalue weighted by molar-refractivity contribution is 0.0924. The van der Waals surface area contributed by atoms with Crippen molar-refractivity contribution >= 4 is 33.6 Å². The second-order valence-electron chi connectivity index (χ2n) is 6.68. The lowest BCUT2D eigenvalue weighted by atomic mass is 10.00. The third-order valence-electron chi connectivity index (χ3n) is 4.12. The van der Waals surface area contributed by atoms with Gasteiger partial charge in [0.2, 0.25) is 0 Å². The van der Waals surface area contributed by atoms with E-state index in [0.717, 1.165) is 15.8 Å². The standard InChI is InChI=1S/C20H22BrN3O3/c1-12(2)22-20(26)23-15-5-3-4-13(10-15)19(25)24-17-8-9-27-18-7-6-14(21)11-16(17)18/h3-7,10-12,17H,8-9H2,1-2H3,(H,24,25)(H2,22,23,26). The highest BCUT2D eigenvalue weighted by atomic mass is 79.9. The summed E-state index contributed by atoms with van der Waals surface area (Å²) >= 11 is 3.46. The minimum atomic E-state index is -0.300. The first-order chi connectivity index (χ1) is 12.9. The van der Waals surface area contributed by atoms with Crippen LogP contribution in [0.25, 0.3) is 0 Å². The predicted molar refractivity (Wildman–Crippen MR) is 108 cm³/mol. The molecule has 0 saturated heterocycles. The van der Waals surface area contributed by atoms with E-state index >= 15 is 0 Å². The highest BCUT2D eigenvalue weighted by Crippen LogP contribution is 2.34. The molecule has 3 N–H and O–H groups in total. The first kappa shape index (κ1) is 19.2. The number of amides is 3. The minimum absolute atomic E-state index is 0.0318. The molecule has 0 aromatic heterocycles. The van der Waals surface area contributed by atoms with E-state index in [1.54, 1.807) is 24.3 Å². The van der Waals surface area contributed by atoms with Gasteiger partial charge in [-0.25, -0.2) is 4.79 Å². The van der Waals surface area contributed by atoms with Gasteiger partial charge in [-0.05, 0) is 50.2 Å². The fourth-order valence-corrected chi connectivity index (χ4v) is 3.30. The lowest BCUT2D eigenvalue weighted by Crippen LogP contribution is -2.34. The van der Waals surface area contributed by atoms with Crippen LogP contribution in [0.3, 0.4) is 0 Å². The van der Waals surface area contributed by atoms with Gasteiger partial charge in [-0.3, -0.25) is 4.79 Å². The molecule has 2 aromatic rings. The summed E-state index contributed by atoms with van der Waals surface area (Å²) in [6.45, 7) is 4.32. The van der Waals surface area contributed by atoms with Crippen LogP contribution in [0.4, 0.5) is 10.5 Å². The second kappa shape index (κ2) is 8.43. The van der Waals surface area contributed by atoms with Crippen LogP contribution in [0.2, 0.25) is 0 Å². The van der Waals surface area contributed by atoms with Crippen molar-refractivity contribution in [2.75, 3.05) is 11.9 Å². The van der Waals surface area contributed by atoms with Crippen LogP contribution in [-0.4, -0.2) is 24.6 Å². The zero-order valence-corrected chi connectivity index (χ0v) is 16.8. The Balaban J connectivity index is 1.71. The zero-order valence-electron chi connectivity index (χ0n) is 15.2. The summed E-state index contributed by atoms with van der Waals surface area (Å²) in [4.78, 5) is 24.6. The number of urea groups is 1. The summed E-state index contributed by atoms with van der Waals surface area (Å²) in [7, 11) is 0. The van der Waals surface area contributed by atoms with Gasteiger partial charge in [-0.1, -0.05) is 22.0 Å². The third-order valence-corrected chi connectivity index (χ3v) is 4.61. The van der Waals surface area contributed by atoms with Gasteiger partial charge in [0.05, 0.1) is 12.6 Å². The smallest absolute Gasteiger partial charge is 0.319 e. The van der Waals surface area contributed by atoms with Crippen molar-refractivity contribution in [2.24, 2.45) is 0 Å². The number of hydrogen-bond donors (Lipinski definition) is 3. The fourth-order valence-electron chi connectivity index (χ4n) is 2.92. The number of benzene rings is 2. The second-order valence-corrected chi connectivity index (χ2v) is 7.59. The van der Waals surface area contributed by atoms with Crippen molar-refractivity contribution in [3.8, 4) is 5.75 Å². The van der Waals surface area contributed by atoms with E-state index in [9.17, 15) is 9.59 Å². The normalized spacial score (nSPS) is 15.5. The average Bonchev–Trinajstić information content (AvgIpc) is 2.61. The monoisotopic (exact) mass is 431 g/mol. The van der Waals surface area contributed by atoms with Crippen molar-refractivity contribution in [1.82, 2.24) is 10.6 Å². The summed E-state index contributed by atoms with van der Waals surface area (Å²) < 4.78 is 6.60. The number of fused-ring (bicyclic) bond motifs is 1. The maximum atomic E-state index is 12.7. The first-order valence-electron chi connectivity index (χ1n) is 8.83. The van der Waals surface area contributed by atoms with Crippen LogP contribution in [-0.2, 0) is 0 Å². The molecular formula is C20H22BrN3O3. The maximum Gasteiger partial charge on any atom is 0.319 e. The van der Waals surface area contributed by atoms with Gasteiger partial charge < -0.3 is 20.7 Å². The molecule has 6 nitrogen and oxygen atoms in total. The van der Waals surface area contributed by atoms with Crippen molar-refractivity contribution < 1.29 is 14.3 Å². The topological polar surface area (TPSA) is 79.5 Å². The van der Waals surface area contributed by atoms with Crippen molar-refractivity contribution in [3.05, 3.63) is 58.1 Å². The Kier molecular flexibility index (Phi) is 6.01. The van der Waals surface area contributed by atoms with Gasteiger partial charge in [-0.2, -0.15) is 0 Å².